The normalized spacial score (nSPS) is 11.4. The fourth-order valence-electron chi connectivity index (χ4n) is 1.71. The quantitative estimate of drug-likeness (QED) is 0.717. The van der Waals surface area contributed by atoms with Crippen molar-refractivity contribution in [3.63, 3.8) is 0 Å². The highest BCUT2D eigenvalue weighted by atomic mass is 19.1. The highest BCUT2D eigenvalue weighted by molar-refractivity contribution is 5.92. The fraction of sp³-hybridized carbons (Fsp3) is 0.500. The number of aliphatic hydroxyl groups is 1. The van der Waals surface area contributed by atoms with Crippen LogP contribution in [0.2, 0.25) is 0 Å². The van der Waals surface area contributed by atoms with Crippen molar-refractivity contribution >= 4 is 11.6 Å². The van der Waals surface area contributed by atoms with Crippen LogP contribution < -0.4 is 10.6 Å². The van der Waals surface area contributed by atoms with E-state index in [0.717, 1.165) is 12.1 Å². The summed E-state index contributed by atoms with van der Waals surface area (Å²) in [5, 5.41) is 14.0. The molecule has 0 radical (unpaired) electrons. The van der Waals surface area contributed by atoms with Crippen LogP contribution in [-0.4, -0.2) is 30.7 Å². The van der Waals surface area contributed by atoms with Crippen molar-refractivity contribution in [3.8, 4) is 0 Å². The van der Waals surface area contributed by atoms with E-state index in [9.17, 15) is 13.6 Å². The minimum Gasteiger partial charge on any atom is -0.396 e. The molecular weight excluding hydrogens is 266 g/mol. The summed E-state index contributed by atoms with van der Waals surface area (Å²) in [5.41, 5.74) is -0.591. The van der Waals surface area contributed by atoms with Crippen molar-refractivity contribution < 1.29 is 18.7 Å². The Labute approximate surface area is 117 Å². The van der Waals surface area contributed by atoms with E-state index < -0.39 is 23.2 Å². The number of hydrogen-bond donors (Lipinski definition) is 3. The molecule has 1 aromatic rings. The second-order valence-corrected chi connectivity index (χ2v) is 5.39. The van der Waals surface area contributed by atoms with Gasteiger partial charge in [0.15, 0.2) is 0 Å². The minimum absolute atomic E-state index is 0.0529. The number of rotatable bonds is 7. The van der Waals surface area contributed by atoms with E-state index in [-0.39, 0.29) is 18.6 Å². The molecule has 0 aliphatic rings. The fourth-order valence-corrected chi connectivity index (χ4v) is 1.71. The molecule has 20 heavy (non-hydrogen) atoms. The van der Waals surface area contributed by atoms with Crippen molar-refractivity contribution in [1.82, 2.24) is 5.32 Å². The Balaban J connectivity index is 2.45. The Kier molecular flexibility index (Phi) is 6.04. The Morgan fingerprint density at radius 1 is 1.30 bits per heavy atom. The summed E-state index contributed by atoms with van der Waals surface area (Å²) in [7, 11) is 0. The standard InChI is InChI=1S/C14H20F2N2O2/c1-14(2,6-7-19)9-17-8-12(20)18-13-10(15)4-3-5-11(13)16/h3-5,17,19H,6-9H2,1-2H3,(H,18,20). The number of halogens is 2. The maximum Gasteiger partial charge on any atom is 0.238 e. The van der Waals surface area contributed by atoms with Crippen molar-refractivity contribution in [1.29, 1.82) is 0 Å². The van der Waals surface area contributed by atoms with Crippen LogP contribution in [0.4, 0.5) is 14.5 Å². The maximum atomic E-state index is 13.3. The summed E-state index contributed by atoms with van der Waals surface area (Å²) in [5.74, 6) is -2.13. The number of benzene rings is 1. The number of para-hydroxylation sites is 1. The number of amides is 1. The molecule has 4 nitrogen and oxygen atoms in total. The van der Waals surface area contributed by atoms with Crippen molar-refractivity contribution in [2.45, 2.75) is 20.3 Å². The van der Waals surface area contributed by atoms with Gasteiger partial charge in [0, 0.05) is 13.2 Å². The topological polar surface area (TPSA) is 61.4 Å². The number of carbonyl (C=O) groups is 1. The number of hydrogen-bond acceptors (Lipinski definition) is 3. The number of anilines is 1. The first-order chi connectivity index (χ1) is 9.35. The molecule has 1 rings (SSSR count). The average Bonchev–Trinajstić information content (AvgIpc) is 2.33. The molecule has 3 N–H and O–H groups in total. The van der Waals surface area contributed by atoms with E-state index in [1.54, 1.807) is 0 Å². The molecular formula is C14H20F2N2O2. The first-order valence-electron chi connectivity index (χ1n) is 6.41. The van der Waals surface area contributed by atoms with E-state index >= 15 is 0 Å². The highest BCUT2D eigenvalue weighted by Crippen LogP contribution is 2.19. The van der Waals surface area contributed by atoms with Gasteiger partial charge in [-0.1, -0.05) is 19.9 Å². The Morgan fingerprint density at radius 3 is 2.45 bits per heavy atom. The van der Waals surface area contributed by atoms with Gasteiger partial charge in [-0.2, -0.15) is 0 Å². The summed E-state index contributed by atoms with van der Waals surface area (Å²) in [6.45, 7) is 4.43. The summed E-state index contributed by atoms with van der Waals surface area (Å²) in [6.07, 6.45) is 0.601. The van der Waals surface area contributed by atoms with Crippen molar-refractivity contribution in [3.05, 3.63) is 29.8 Å². The predicted molar refractivity (Wildman–Crippen MR) is 73.3 cm³/mol. The van der Waals surface area contributed by atoms with Crippen molar-refractivity contribution in [2.24, 2.45) is 5.41 Å². The molecule has 0 saturated heterocycles. The highest BCUT2D eigenvalue weighted by Gasteiger charge is 2.17. The van der Waals surface area contributed by atoms with E-state index in [2.05, 4.69) is 10.6 Å². The van der Waals surface area contributed by atoms with Gasteiger partial charge in [0.1, 0.15) is 17.3 Å². The average molecular weight is 286 g/mol. The largest absolute Gasteiger partial charge is 0.396 e. The molecule has 0 fully saturated rings. The van der Waals surface area contributed by atoms with Gasteiger partial charge in [0.2, 0.25) is 5.91 Å². The van der Waals surface area contributed by atoms with Crippen molar-refractivity contribution in [2.75, 3.05) is 25.0 Å². The molecule has 1 aromatic carbocycles. The predicted octanol–water partition coefficient (Wildman–Crippen LogP) is 1.90. The van der Waals surface area contributed by atoms with Crippen LogP contribution in [0, 0.1) is 17.0 Å². The summed E-state index contributed by atoms with van der Waals surface area (Å²) in [6, 6.07) is 3.39. The molecule has 1 amide bonds. The van der Waals surface area contributed by atoms with Gasteiger partial charge < -0.3 is 15.7 Å². The lowest BCUT2D eigenvalue weighted by atomic mass is 9.90. The molecule has 0 atom stereocenters. The molecule has 0 aliphatic heterocycles. The van der Waals surface area contributed by atoms with Crippen LogP contribution in [-0.2, 0) is 4.79 Å². The maximum absolute atomic E-state index is 13.3. The minimum atomic E-state index is -0.807. The smallest absolute Gasteiger partial charge is 0.238 e. The third-order valence-electron chi connectivity index (χ3n) is 2.90. The van der Waals surface area contributed by atoms with Gasteiger partial charge in [-0.15, -0.1) is 0 Å². The Bertz CT molecular complexity index is 444. The third-order valence-corrected chi connectivity index (χ3v) is 2.90. The summed E-state index contributed by atoms with van der Waals surface area (Å²) in [4.78, 5) is 11.6. The zero-order valence-electron chi connectivity index (χ0n) is 11.7. The van der Waals surface area contributed by atoms with Gasteiger partial charge in [0.05, 0.1) is 6.54 Å². The molecule has 0 bridgehead atoms. The molecule has 0 aliphatic carbocycles. The number of carbonyl (C=O) groups excluding carboxylic acids is 1. The number of aliphatic hydroxyl groups excluding tert-OH is 1. The first-order valence-corrected chi connectivity index (χ1v) is 6.41. The monoisotopic (exact) mass is 286 g/mol. The SMILES string of the molecule is CC(C)(CCO)CNCC(=O)Nc1c(F)cccc1F. The zero-order valence-corrected chi connectivity index (χ0v) is 11.7. The van der Waals surface area contributed by atoms with Crippen LogP contribution in [0.5, 0.6) is 0 Å². The molecule has 6 heteroatoms. The molecule has 0 heterocycles. The molecule has 0 aromatic heterocycles. The summed E-state index contributed by atoms with van der Waals surface area (Å²) >= 11 is 0. The first kappa shape index (κ1) is 16.5. The van der Waals surface area contributed by atoms with Gasteiger partial charge in [-0.05, 0) is 24.0 Å². The Hall–Kier alpha value is -1.53. The lowest BCUT2D eigenvalue weighted by Crippen LogP contribution is -2.36. The van der Waals surface area contributed by atoms with Crippen LogP contribution in [0.1, 0.15) is 20.3 Å². The van der Waals surface area contributed by atoms with Gasteiger partial charge in [-0.25, -0.2) is 8.78 Å². The van der Waals surface area contributed by atoms with Gasteiger partial charge in [0.25, 0.3) is 0 Å². The van der Waals surface area contributed by atoms with E-state index in [0.29, 0.717) is 13.0 Å². The molecule has 0 unspecified atom stereocenters. The Morgan fingerprint density at radius 2 is 1.90 bits per heavy atom. The molecule has 112 valence electrons. The lowest BCUT2D eigenvalue weighted by Gasteiger charge is -2.23. The van der Waals surface area contributed by atoms with Crippen LogP contribution in [0.3, 0.4) is 0 Å². The second kappa shape index (κ2) is 7.31. The van der Waals surface area contributed by atoms with E-state index in [1.165, 1.54) is 6.07 Å². The summed E-state index contributed by atoms with van der Waals surface area (Å²) < 4.78 is 26.6. The van der Waals surface area contributed by atoms with E-state index in [1.807, 2.05) is 13.8 Å². The second-order valence-electron chi connectivity index (χ2n) is 5.39. The third kappa shape index (κ3) is 5.22. The number of nitrogens with one attached hydrogen (secondary N) is 2. The van der Waals surface area contributed by atoms with Gasteiger partial charge in [-0.3, -0.25) is 4.79 Å². The van der Waals surface area contributed by atoms with Crippen LogP contribution >= 0.6 is 0 Å². The van der Waals surface area contributed by atoms with Crippen LogP contribution in [0.25, 0.3) is 0 Å². The van der Waals surface area contributed by atoms with Gasteiger partial charge >= 0.3 is 0 Å². The van der Waals surface area contributed by atoms with E-state index in [4.69, 9.17) is 5.11 Å². The lowest BCUT2D eigenvalue weighted by molar-refractivity contribution is -0.115. The van der Waals surface area contributed by atoms with Crippen LogP contribution in [0.15, 0.2) is 18.2 Å². The zero-order chi connectivity index (χ0) is 15.2. The molecule has 0 spiro atoms. The molecule has 0 saturated carbocycles.